The third-order valence-corrected chi connectivity index (χ3v) is 4.08. The van der Waals surface area contributed by atoms with Gasteiger partial charge >= 0.3 is 0 Å². The molecule has 1 fully saturated rings. The number of halogens is 1. The van der Waals surface area contributed by atoms with E-state index < -0.39 is 24.3 Å². The third-order valence-electron chi connectivity index (χ3n) is 3.31. The van der Waals surface area contributed by atoms with E-state index in [-0.39, 0.29) is 19.4 Å². The second kappa shape index (κ2) is 4.26. The average molecular weight is 286 g/mol. The highest BCUT2D eigenvalue weighted by molar-refractivity contribution is 7.08. The molecule has 1 aromatic rings. The summed E-state index contributed by atoms with van der Waals surface area (Å²) in [6, 6.07) is 0. The van der Waals surface area contributed by atoms with Crippen molar-refractivity contribution < 1.29 is 23.9 Å². The highest BCUT2D eigenvalue weighted by Crippen LogP contribution is 2.39. The van der Waals surface area contributed by atoms with Gasteiger partial charge in [0.2, 0.25) is 5.91 Å². The van der Waals surface area contributed by atoms with Crippen molar-refractivity contribution >= 4 is 23.2 Å². The van der Waals surface area contributed by atoms with Gasteiger partial charge in [-0.15, -0.1) is 11.3 Å². The summed E-state index contributed by atoms with van der Waals surface area (Å²) in [5.74, 6) is -3.52. The van der Waals surface area contributed by atoms with E-state index in [1.165, 1.54) is 11.3 Å². The van der Waals surface area contributed by atoms with Crippen molar-refractivity contribution in [2.24, 2.45) is 0 Å². The van der Waals surface area contributed by atoms with Crippen LogP contribution in [0.3, 0.4) is 0 Å². The summed E-state index contributed by atoms with van der Waals surface area (Å²) in [4.78, 5) is 29.3. The second-order valence-electron chi connectivity index (χ2n) is 4.42. The maximum atomic E-state index is 14.9. The number of hydroxylamine groups is 2. The minimum absolute atomic E-state index is 0.143. The van der Waals surface area contributed by atoms with Gasteiger partial charge in [0.15, 0.2) is 5.75 Å². The Bertz CT molecular complexity index is 528. The van der Waals surface area contributed by atoms with Crippen molar-refractivity contribution in [2.75, 3.05) is 6.73 Å². The highest BCUT2D eigenvalue weighted by Gasteiger charge is 2.55. The van der Waals surface area contributed by atoms with Gasteiger partial charge in [0.25, 0.3) is 11.7 Å². The molecule has 1 saturated heterocycles. The number of fused-ring (bicyclic) bond motifs is 1. The third kappa shape index (κ3) is 1.75. The van der Waals surface area contributed by atoms with E-state index in [2.05, 4.69) is 0 Å². The van der Waals surface area contributed by atoms with E-state index in [1.54, 1.807) is 5.38 Å². The summed E-state index contributed by atoms with van der Waals surface area (Å²) in [7, 11) is 0. The molecule has 102 valence electrons. The molecule has 1 N–H and O–H groups in total. The largest absolute Gasteiger partial charge is 0.401 e. The van der Waals surface area contributed by atoms with E-state index in [4.69, 9.17) is 9.94 Å². The van der Waals surface area contributed by atoms with Crippen LogP contribution in [0.25, 0.3) is 0 Å². The molecule has 0 aliphatic carbocycles. The van der Waals surface area contributed by atoms with E-state index in [9.17, 15) is 14.0 Å². The molecule has 19 heavy (non-hydrogen) atoms. The number of hydrogen-bond acceptors (Lipinski definition) is 6. The van der Waals surface area contributed by atoms with Crippen LogP contribution in [0.1, 0.15) is 18.4 Å². The molecule has 1 aromatic heterocycles. The fourth-order valence-corrected chi connectivity index (χ4v) is 2.96. The summed E-state index contributed by atoms with van der Waals surface area (Å²) in [6.07, 6.45) is -0.412. The molecule has 0 spiro atoms. The van der Waals surface area contributed by atoms with Crippen LogP contribution in [0.15, 0.2) is 10.8 Å². The fourth-order valence-electron chi connectivity index (χ4n) is 2.22. The zero-order chi connectivity index (χ0) is 13.6. The first kappa shape index (κ1) is 12.5. The molecule has 6 nitrogen and oxygen atoms in total. The number of aliphatic hydroxyl groups excluding tert-OH is 1. The Morgan fingerprint density at radius 3 is 2.95 bits per heavy atom. The van der Waals surface area contributed by atoms with E-state index in [0.29, 0.717) is 10.6 Å². The Balaban J connectivity index is 1.85. The molecule has 1 atom stereocenters. The van der Waals surface area contributed by atoms with Crippen LogP contribution in [0.5, 0.6) is 5.75 Å². The molecular weight excluding hydrogens is 275 g/mol. The monoisotopic (exact) mass is 286 g/mol. The Labute approximate surface area is 111 Å². The van der Waals surface area contributed by atoms with E-state index in [0.717, 1.165) is 10.6 Å². The normalized spacial score (nSPS) is 27.6. The summed E-state index contributed by atoms with van der Waals surface area (Å²) < 4.78 is 14.9. The van der Waals surface area contributed by atoms with E-state index >= 15 is 0 Å². The predicted octanol–water partition coefficient (Wildman–Crippen LogP) is 0.622. The van der Waals surface area contributed by atoms with Crippen molar-refractivity contribution in [2.45, 2.75) is 25.2 Å². The maximum Gasteiger partial charge on any atom is 0.287 e. The number of amides is 2. The molecule has 0 bridgehead atoms. The number of hydrogen-bond donors (Lipinski definition) is 1. The minimum Gasteiger partial charge on any atom is -0.401 e. The van der Waals surface area contributed by atoms with Gasteiger partial charge in [-0.1, -0.05) is 5.06 Å². The summed E-state index contributed by atoms with van der Waals surface area (Å²) in [5, 5.41) is 13.5. The molecule has 0 unspecified atom stereocenters. The summed E-state index contributed by atoms with van der Waals surface area (Å²) >= 11 is 1.43. The van der Waals surface area contributed by atoms with Gasteiger partial charge < -0.3 is 9.94 Å². The molecule has 3 rings (SSSR count). The molecule has 3 heterocycles. The fraction of sp³-hybridized carbons (Fsp3) is 0.455. The Kier molecular flexibility index (Phi) is 2.80. The topological polar surface area (TPSA) is 70.1 Å². The number of thiophene rings is 1. The van der Waals surface area contributed by atoms with Crippen molar-refractivity contribution in [3.05, 3.63) is 16.3 Å². The van der Waals surface area contributed by atoms with Gasteiger partial charge in [0.05, 0.1) is 6.54 Å². The first-order valence-corrected chi connectivity index (χ1v) is 6.66. The predicted molar refractivity (Wildman–Crippen MR) is 62.5 cm³/mol. The summed E-state index contributed by atoms with van der Waals surface area (Å²) in [6.45, 7) is -0.674. The van der Waals surface area contributed by atoms with Crippen molar-refractivity contribution in [1.82, 2.24) is 9.96 Å². The van der Waals surface area contributed by atoms with Crippen molar-refractivity contribution in [1.29, 1.82) is 0 Å². The Morgan fingerprint density at radius 2 is 2.26 bits per heavy atom. The van der Waals surface area contributed by atoms with Crippen LogP contribution in [-0.4, -0.2) is 39.4 Å². The molecule has 0 saturated carbocycles. The molecular formula is C11H11FN2O4S. The Hall–Kier alpha value is -1.51. The lowest BCUT2D eigenvalue weighted by Crippen LogP contribution is -2.61. The number of alkyl halides is 1. The van der Waals surface area contributed by atoms with Crippen LogP contribution < -0.4 is 4.84 Å². The van der Waals surface area contributed by atoms with Gasteiger partial charge in [-0.05, 0) is 5.38 Å². The standard InChI is InChI=1S/C11H11FN2O4S/c12-11(2-1-9(16)13(6-15)10(11)17)14-3-7-4-19-5-8(7)18-14/h4-5,15H,1-3,6H2/t11-/m1/s1. The SMILES string of the molecule is O=C1CC[C@@](F)(N2Cc3cscc3O2)C(=O)N1CO. The van der Waals surface area contributed by atoms with Gasteiger partial charge in [-0.2, -0.15) is 0 Å². The lowest BCUT2D eigenvalue weighted by Gasteiger charge is -2.37. The van der Waals surface area contributed by atoms with Gasteiger partial charge in [0, 0.05) is 23.8 Å². The zero-order valence-electron chi connectivity index (χ0n) is 9.84. The summed E-state index contributed by atoms with van der Waals surface area (Å²) in [5.41, 5.74) is 0.808. The molecule has 2 aliphatic rings. The van der Waals surface area contributed by atoms with Crippen LogP contribution in [0, 0.1) is 0 Å². The molecule has 8 heteroatoms. The number of likely N-dealkylation sites (tertiary alicyclic amines) is 1. The molecule has 2 aliphatic heterocycles. The molecule has 2 amide bonds. The zero-order valence-corrected chi connectivity index (χ0v) is 10.7. The molecule has 0 aromatic carbocycles. The van der Waals surface area contributed by atoms with E-state index in [1.807, 2.05) is 5.38 Å². The number of nitrogens with zero attached hydrogens (tertiary/aromatic N) is 2. The Morgan fingerprint density at radius 1 is 1.47 bits per heavy atom. The number of piperidine rings is 1. The number of carbonyl (C=O) groups excluding carboxylic acids is 2. The number of aliphatic hydroxyl groups is 1. The van der Waals surface area contributed by atoms with Crippen LogP contribution in [0.4, 0.5) is 4.39 Å². The second-order valence-corrected chi connectivity index (χ2v) is 5.16. The molecule has 0 radical (unpaired) electrons. The van der Waals surface area contributed by atoms with Gasteiger partial charge in [-0.3, -0.25) is 14.5 Å². The minimum atomic E-state index is -2.41. The number of carbonyl (C=O) groups is 2. The van der Waals surface area contributed by atoms with Gasteiger partial charge in [-0.25, -0.2) is 4.39 Å². The van der Waals surface area contributed by atoms with Crippen LogP contribution in [-0.2, 0) is 16.1 Å². The smallest absolute Gasteiger partial charge is 0.287 e. The number of imide groups is 1. The quantitative estimate of drug-likeness (QED) is 0.637. The van der Waals surface area contributed by atoms with Crippen LogP contribution in [0.2, 0.25) is 0 Å². The lowest BCUT2D eigenvalue weighted by molar-refractivity contribution is -0.220. The maximum absolute atomic E-state index is 14.9. The average Bonchev–Trinajstić information content (AvgIpc) is 2.96. The van der Waals surface area contributed by atoms with Crippen LogP contribution >= 0.6 is 11.3 Å². The van der Waals surface area contributed by atoms with Crippen molar-refractivity contribution in [3.63, 3.8) is 0 Å². The lowest BCUT2D eigenvalue weighted by atomic mass is 10.0. The van der Waals surface area contributed by atoms with Gasteiger partial charge in [0.1, 0.15) is 6.73 Å². The first-order valence-electron chi connectivity index (χ1n) is 5.71. The first-order chi connectivity index (χ1) is 9.06. The number of rotatable bonds is 2. The van der Waals surface area contributed by atoms with Crippen molar-refractivity contribution in [3.8, 4) is 5.75 Å². The highest BCUT2D eigenvalue weighted by atomic mass is 32.1.